The van der Waals surface area contributed by atoms with E-state index in [-0.39, 0.29) is 6.04 Å². The first-order valence-corrected chi connectivity index (χ1v) is 6.85. The van der Waals surface area contributed by atoms with Gasteiger partial charge in [0.25, 0.3) is 0 Å². The van der Waals surface area contributed by atoms with Crippen molar-refractivity contribution in [2.45, 2.75) is 6.04 Å². The first-order valence-electron chi connectivity index (χ1n) is 6.06. The fourth-order valence-corrected chi connectivity index (χ4v) is 2.75. The molecule has 0 amide bonds. The van der Waals surface area contributed by atoms with E-state index in [2.05, 4.69) is 31.2 Å². The largest absolute Gasteiger partial charge is 0.495 e. The lowest BCUT2D eigenvalue weighted by Gasteiger charge is -2.20. The van der Waals surface area contributed by atoms with Gasteiger partial charge in [-0.25, -0.2) is 0 Å². The topological polar surface area (TPSA) is 56.3 Å². The Morgan fingerprint density at radius 3 is 2.55 bits per heavy atom. The third kappa shape index (κ3) is 2.76. The van der Waals surface area contributed by atoms with E-state index < -0.39 is 0 Å². The van der Waals surface area contributed by atoms with E-state index in [1.807, 2.05) is 19.2 Å². The van der Waals surface area contributed by atoms with Crippen LogP contribution in [0.15, 0.2) is 35.2 Å². The van der Waals surface area contributed by atoms with E-state index in [4.69, 9.17) is 9.47 Å². The third-order valence-corrected chi connectivity index (χ3v) is 3.75. The van der Waals surface area contributed by atoms with Crippen molar-refractivity contribution in [3.8, 4) is 11.5 Å². The number of nitrogens with zero attached hydrogens (tertiary/aromatic N) is 2. The highest BCUT2D eigenvalue weighted by molar-refractivity contribution is 9.10. The molecule has 106 valence electrons. The standard InChI is InChI=1S/C14H16BrN3O2/c1-16-13(10-8-17-6-7-18-10)9-4-5-11(19-2)12(15)14(9)20-3/h4-8,13,16H,1-3H3. The number of hydrogen-bond donors (Lipinski definition) is 1. The van der Waals surface area contributed by atoms with Crippen LogP contribution in [-0.2, 0) is 0 Å². The van der Waals surface area contributed by atoms with E-state index in [0.717, 1.165) is 21.5 Å². The van der Waals surface area contributed by atoms with Crippen LogP contribution in [0.25, 0.3) is 0 Å². The van der Waals surface area contributed by atoms with Crippen molar-refractivity contribution in [1.82, 2.24) is 15.3 Å². The molecule has 0 aliphatic rings. The summed E-state index contributed by atoms with van der Waals surface area (Å²) in [5.41, 5.74) is 1.79. The van der Waals surface area contributed by atoms with E-state index in [1.165, 1.54) is 0 Å². The quantitative estimate of drug-likeness (QED) is 0.908. The molecule has 0 saturated carbocycles. The molecule has 5 nitrogen and oxygen atoms in total. The van der Waals surface area contributed by atoms with Crippen LogP contribution in [0.4, 0.5) is 0 Å². The predicted octanol–water partition coefficient (Wildman–Crippen LogP) is 2.57. The van der Waals surface area contributed by atoms with Gasteiger partial charge in [-0.15, -0.1) is 0 Å². The second kappa shape index (κ2) is 6.67. The van der Waals surface area contributed by atoms with Gasteiger partial charge in [-0.1, -0.05) is 0 Å². The predicted molar refractivity (Wildman–Crippen MR) is 80.2 cm³/mol. The molecule has 1 aromatic carbocycles. The van der Waals surface area contributed by atoms with Crippen LogP contribution < -0.4 is 14.8 Å². The molecule has 0 radical (unpaired) electrons. The lowest BCUT2D eigenvalue weighted by atomic mass is 10.0. The van der Waals surface area contributed by atoms with Crippen LogP contribution in [0.5, 0.6) is 11.5 Å². The highest BCUT2D eigenvalue weighted by Crippen LogP contribution is 2.40. The van der Waals surface area contributed by atoms with Crippen LogP contribution >= 0.6 is 15.9 Å². The minimum absolute atomic E-state index is 0.110. The number of hydrogen-bond acceptors (Lipinski definition) is 5. The van der Waals surface area contributed by atoms with Crippen molar-refractivity contribution in [3.63, 3.8) is 0 Å². The molecule has 1 N–H and O–H groups in total. The van der Waals surface area contributed by atoms with Gasteiger partial charge in [0.05, 0.1) is 32.2 Å². The van der Waals surface area contributed by atoms with Crippen LogP contribution in [0.3, 0.4) is 0 Å². The fraction of sp³-hybridized carbons (Fsp3) is 0.286. The fourth-order valence-electron chi connectivity index (χ4n) is 2.07. The van der Waals surface area contributed by atoms with Crippen LogP contribution in [-0.4, -0.2) is 31.2 Å². The second-order valence-electron chi connectivity index (χ2n) is 4.06. The number of nitrogens with one attached hydrogen (secondary N) is 1. The highest BCUT2D eigenvalue weighted by Gasteiger charge is 2.21. The molecule has 0 aliphatic carbocycles. The van der Waals surface area contributed by atoms with Crippen LogP contribution in [0.1, 0.15) is 17.3 Å². The Hall–Kier alpha value is -1.66. The van der Waals surface area contributed by atoms with Crippen molar-refractivity contribution in [2.75, 3.05) is 21.3 Å². The number of benzene rings is 1. The number of halogens is 1. The minimum atomic E-state index is -0.110. The van der Waals surface area contributed by atoms with Gasteiger partial charge in [-0.2, -0.15) is 0 Å². The maximum Gasteiger partial charge on any atom is 0.141 e. The van der Waals surface area contributed by atoms with Crippen LogP contribution in [0.2, 0.25) is 0 Å². The Morgan fingerprint density at radius 2 is 2.00 bits per heavy atom. The minimum Gasteiger partial charge on any atom is -0.495 e. The van der Waals surface area contributed by atoms with Crippen LogP contribution in [0, 0.1) is 0 Å². The van der Waals surface area contributed by atoms with Crippen molar-refractivity contribution in [1.29, 1.82) is 0 Å². The molecular weight excluding hydrogens is 322 g/mol. The zero-order chi connectivity index (χ0) is 14.5. The van der Waals surface area contributed by atoms with Crippen molar-refractivity contribution < 1.29 is 9.47 Å². The molecular formula is C14H16BrN3O2. The molecule has 0 spiro atoms. The molecule has 0 saturated heterocycles. The first-order chi connectivity index (χ1) is 9.72. The molecule has 2 rings (SSSR count). The Labute approximate surface area is 126 Å². The summed E-state index contributed by atoms with van der Waals surface area (Å²) in [5.74, 6) is 1.44. The van der Waals surface area contributed by atoms with Gasteiger partial charge in [0.1, 0.15) is 16.0 Å². The van der Waals surface area contributed by atoms with Crippen molar-refractivity contribution in [3.05, 3.63) is 46.5 Å². The van der Waals surface area contributed by atoms with E-state index in [1.54, 1.807) is 32.8 Å². The zero-order valence-electron chi connectivity index (χ0n) is 11.6. The van der Waals surface area contributed by atoms with Gasteiger partial charge in [0, 0.05) is 18.0 Å². The van der Waals surface area contributed by atoms with Gasteiger partial charge in [-0.3, -0.25) is 9.97 Å². The molecule has 0 fully saturated rings. The van der Waals surface area contributed by atoms with E-state index in [9.17, 15) is 0 Å². The lowest BCUT2D eigenvalue weighted by molar-refractivity contribution is 0.383. The smallest absolute Gasteiger partial charge is 0.141 e. The first kappa shape index (κ1) is 14.7. The van der Waals surface area contributed by atoms with Gasteiger partial charge in [-0.05, 0) is 35.1 Å². The van der Waals surface area contributed by atoms with Gasteiger partial charge in [0.2, 0.25) is 0 Å². The molecule has 1 heterocycles. The molecule has 0 bridgehead atoms. The Kier molecular flexibility index (Phi) is 4.92. The highest BCUT2D eigenvalue weighted by atomic mass is 79.9. The SMILES string of the molecule is CNC(c1cnccn1)c1ccc(OC)c(Br)c1OC. The van der Waals surface area contributed by atoms with Crippen molar-refractivity contribution >= 4 is 15.9 Å². The number of methoxy groups -OCH3 is 2. The number of rotatable bonds is 5. The molecule has 2 aromatic rings. The van der Waals surface area contributed by atoms with Crippen molar-refractivity contribution in [2.24, 2.45) is 0 Å². The summed E-state index contributed by atoms with van der Waals surface area (Å²) in [5, 5.41) is 3.23. The molecule has 1 unspecified atom stereocenters. The molecule has 0 aliphatic heterocycles. The van der Waals surface area contributed by atoms with Gasteiger partial charge < -0.3 is 14.8 Å². The van der Waals surface area contributed by atoms with E-state index in [0.29, 0.717) is 5.75 Å². The molecule has 20 heavy (non-hydrogen) atoms. The summed E-state index contributed by atoms with van der Waals surface area (Å²) in [6.07, 6.45) is 5.06. The summed E-state index contributed by atoms with van der Waals surface area (Å²) < 4.78 is 11.6. The molecule has 1 aromatic heterocycles. The Morgan fingerprint density at radius 1 is 1.20 bits per heavy atom. The second-order valence-corrected chi connectivity index (χ2v) is 4.85. The maximum absolute atomic E-state index is 5.51. The van der Waals surface area contributed by atoms with Gasteiger partial charge in [0.15, 0.2) is 0 Å². The molecule has 6 heteroatoms. The monoisotopic (exact) mass is 337 g/mol. The van der Waals surface area contributed by atoms with Gasteiger partial charge >= 0.3 is 0 Å². The summed E-state index contributed by atoms with van der Waals surface area (Å²) in [7, 11) is 5.13. The molecule has 1 atom stereocenters. The number of ether oxygens (including phenoxy) is 2. The third-order valence-electron chi connectivity index (χ3n) is 2.99. The summed E-state index contributed by atoms with van der Waals surface area (Å²) in [4.78, 5) is 8.46. The van der Waals surface area contributed by atoms with E-state index >= 15 is 0 Å². The Bertz CT molecular complexity index is 578. The average Bonchev–Trinajstić information content (AvgIpc) is 2.49. The summed E-state index contributed by atoms with van der Waals surface area (Å²) in [6, 6.07) is 3.74. The summed E-state index contributed by atoms with van der Waals surface area (Å²) in [6.45, 7) is 0. The average molecular weight is 338 g/mol. The lowest BCUT2D eigenvalue weighted by Crippen LogP contribution is -2.20. The normalized spacial score (nSPS) is 12.0. The zero-order valence-corrected chi connectivity index (χ0v) is 13.1. The summed E-state index contributed by atoms with van der Waals surface area (Å²) >= 11 is 3.51. The number of aromatic nitrogens is 2. The maximum atomic E-state index is 5.51. The Balaban J connectivity index is 2.53.